The van der Waals surface area contributed by atoms with Crippen LogP contribution in [-0.2, 0) is 17.8 Å². The number of rotatable bonds is 0. The lowest BCUT2D eigenvalue weighted by Crippen LogP contribution is -2.00. The molecule has 0 fully saturated rings. The molecule has 3 heteroatoms. The van der Waals surface area contributed by atoms with E-state index in [4.69, 9.17) is 4.74 Å². The zero-order valence-electron chi connectivity index (χ0n) is 9.21. The number of aryl methyl sites for hydroxylation is 1. The van der Waals surface area contributed by atoms with Crippen LogP contribution in [0.15, 0.2) is 6.33 Å². The molecule has 0 N–H and O–H groups in total. The topological polar surface area (TPSA) is 35.0 Å². The van der Waals surface area contributed by atoms with Crippen LogP contribution in [0.2, 0.25) is 0 Å². The second-order valence-corrected chi connectivity index (χ2v) is 3.04. The van der Waals surface area contributed by atoms with Crippen LogP contribution < -0.4 is 0 Å². The molecule has 1 aliphatic rings. The fourth-order valence-corrected chi connectivity index (χ4v) is 1.52. The third kappa shape index (κ3) is 2.51. The van der Waals surface area contributed by atoms with Crippen molar-refractivity contribution in [2.24, 2.45) is 0 Å². The van der Waals surface area contributed by atoms with Crippen LogP contribution in [0.4, 0.5) is 0 Å². The molecule has 0 saturated heterocycles. The van der Waals surface area contributed by atoms with Gasteiger partial charge in [0.25, 0.3) is 0 Å². The highest BCUT2D eigenvalue weighted by Crippen LogP contribution is 2.15. The summed E-state index contributed by atoms with van der Waals surface area (Å²) in [5.41, 5.74) is 3.46. The minimum Gasteiger partial charge on any atom is -0.375 e. The minimum atomic E-state index is 0.651. The van der Waals surface area contributed by atoms with Gasteiger partial charge in [-0.3, -0.25) is 0 Å². The molecule has 0 saturated carbocycles. The van der Waals surface area contributed by atoms with Crippen molar-refractivity contribution in [1.29, 1.82) is 0 Å². The van der Waals surface area contributed by atoms with Crippen LogP contribution in [0.1, 0.15) is 37.2 Å². The minimum absolute atomic E-state index is 0.651. The molecule has 14 heavy (non-hydrogen) atoms. The summed E-state index contributed by atoms with van der Waals surface area (Å²) in [4.78, 5) is 8.37. The van der Waals surface area contributed by atoms with E-state index in [2.05, 4.69) is 9.97 Å². The number of hydrogen-bond donors (Lipinski definition) is 0. The zero-order chi connectivity index (χ0) is 10.4. The first kappa shape index (κ1) is 11.1. The van der Waals surface area contributed by atoms with Gasteiger partial charge in [0.1, 0.15) is 6.33 Å². The van der Waals surface area contributed by atoms with Crippen LogP contribution in [0.3, 0.4) is 0 Å². The average Bonchev–Trinajstić information content (AvgIpc) is 2.47. The molecule has 0 aliphatic carbocycles. The van der Waals surface area contributed by atoms with Crippen molar-refractivity contribution in [3.63, 3.8) is 0 Å². The highest BCUT2D eigenvalue weighted by atomic mass is 16.5. The summed E-state index contributed by atoms with van der Waals surface area (Å²) in [6.45, 7) is 7.53. The van der Waals surface area contributed by atoms with E-state index in [1.165, 1.54) is 5.56 Å². The van der Waals surface area contributed by atoms with Crippen LogP contribution in [0, 0.1) is 6.92 Å². The lowest BCUT2D eigenvalue weighted by molar-refractivity contribution is 0.122. The molecule has 0 bridgehead atoms. The fourth-order valence-electron chi connectivity index (χ4n) is 1.52. The van der Waals surface area contributed by atoms with Crippen molar-refractivity contribution < 1.29 is 4.74 Å². The van der Waals surface area contributed by atoms with Gasteiger partial charge >= 0.3 is 0 Å². The van der Waals surface area contributed by atoms with Crippen molar-refractivity contribution in [3.8, 4) is 0 Å². The van der Waals surface area contributed by atoms with Gasteiger partial charge in [-0.2, -0.15) is 0 Å². The van der Waals surface area contributed by atoms with E-state index in [0.29, 0.717) is 6.61 Å². The predicted molar refractivity (Wildman–Crippen MR) is 56.1 cm³/mol. The Morgan fingerprint density at radius 3 is 2.86 bits per heavy atom. The van der Waals surface area contributed by atoms with E-state index in [1.54, 1.807) is 6.33 Å². The predicted octanol–water partition coefficient (Wildman–Crippen LogP) is 2.27. The van der Waals surface area contributed by atoms with Crippen molar-refractivity contribution >= 4 is 0 Å². The normalized spacial score (nSPS) is 14.8. The van der Waals surface area contributed by atoms with Crippen molar-refractivity contribution in [1.82, 2.24) is 9.97 Å². The quantitative estimate of drug-likeness (QED) is 0.635. The van der Waals surface area contributed by atoms with Gasteiger partial charge < -0.3 is 4.74 Å². The van der Waals surface area contributed by atoms with Gasteiger partial charge in [-0.15, -0.1) is 0 Å². The Morgan fingerprint density at radius 2 is 2.07 bits per heavy atom. The maximum Gasteiger partial charge on any atom is 0.116 e. The molecule has 0 spiro atoms. The Morgan fingerprint density at radius 1 is 1.29 bits per heavy atom. The van der Waals surface area contributed by atoms with E-state index >= 15 is 0 Å². The Bertz CT molecular complexity index is 287. The summed E-state index contributed by atoms with van der Waals surface area (Å²) in [6, 6.07) is 0. The third-order valence-electron chi connectivity index (χ3n) is 2.20. The first-order valence-electron chi connectivity index (χ1n) is 5.25. The van der Waals surface area contributed by atoms with E-state index < -0.39 is 0 Å². The van der Waals surface area contributed by atoms with Crippen molar-refractivity contribution in [2.75, 3.05) is 6.61 Å². The number of hydrogen-bond acceptors (Lipinski definition) is 3. The van der Waals surface area contributed by atoms with E-state index in [0.717, 1.165) is 30.8 Å². The molecular formula is C11H18N2O. The first-order valence-corrected chi connectivity index (χ1v) is 5.25. The van der Waals surface area contributed by atoms with Gasteiger partial charge in [-0.05, 0) is 25.3 Å². The van der Waals surface area contributed by atoms with E-state index in [9.17, 15) is 0 Å². The van der Waals surface area contributed by atoms with Gasteiger partial charge in [0.05, 0.1) is 12.3 Å². The molecular weight excluding hydrogens is 176 g/mol. The third-order valence-corrected chi connectivity index (χ3v) is 2.20. The van der Waals surface area contributed by atoms with Crippen molar-refractivity contribution in [2.45, 2.75) is 40.2 Å². The number of nitrogens with zero attached hydrogens (tertiary/aromatic N) is 2. The molecule has 0 unspecified atom stereocenters. The summed E-state index contributed by atoms with van der Waals surface area (Å²) >= 11 is 0. The molecule has 0 atom stereocenters. The molecule has 2 heterocycles. The molecule has 1 aromatic heterocycles. The number of ether oxygens (including phenoxy) is 1. The molecule has 78 valence electrons. The van der Waals surface area contributed by atoms with Crippen LogP contribution >= 0.6 is 0 Å². The van der Waals surface area contributed by atoms with E-state index in [-0.39, 0.29) is 0 Å². The molecule has 1 aliphatic heterocycles. The van der Waals surface area contributed by atoms with Crippen LogP contribution in [0.25, 0.3) is 0 Å². The first-order chi connectivity index (χ1) is 6.88. The summed E-state index contributed by atoms with van der Waals surface area (Å²) in [5, 5.41) is 0. The van der Waals surface area contributed by atoms with Gasteiger partial charge in [0.15, 0.2) is 0 Å². The average molecular weight is 194 g/mol. The standard InChI is InChI=1S/C9H12N2O.C2H6/c1-7-8-3-2-4-12-5-9(8)11-6-10-7;1-2/h6H,2-5H2,1H3;1-2H3. The van der Waals surface area contributed by atoms with Gasteiger partial charge in [0, 0.05) is 12.3 Å². The van der Waals surface area contributed by atoms with Gasteiger partial charge in [-0.25, -0.2) is 9.97 Å². The molecule has 0 radical (unpaired) electrons. The highest BCUT2D eigenvalue weighted by Gasteiger charge is 2.11. The Labute approximate surface area is 85.5 Å². The second-order valence-electron chi connectivity index (χ2n) is 3.04. The Kier molecular flexibility index (Phi) is 4.53. The Hall–Kier alpha value is -0.960. The maximum absolute atomic E-state index is 5.39. The van der Waals surface area contributed by atoms with Gasteiger partial charge in [-0.1, -0.05) is 13.8 Å². The molecule has 0 amide bonds. The summed E-state index contributed by atoms with van der Waals surface area (Å²) in [5.74, 6) is 0. The molecule has 2 rings (SSSR count). The summed E-state index contributed by atoms with van der Waals surface area (Å²) in [6.07, 6.45) is 3.76. The molecule has 3 nitrogen and oxygen atoms in total. The van der Waals surface area contributed by atoms with Crippen LogP contribution in [-0.4, -0.2) is 16.6 Å². The highest BCUT2D eigenvalue weighted by molar-refractivity contribution is 5.23. The van der Waals surface area contributed by atoms with Gasteiger partial charge in [0.2, 0.25) is 0 Å². The lowest BCUT2D eigenvalue weighted by atomic mass is 10.1. The zero-order valence-corrected chi connectivity index (χ0v) is 9.21. The smallest absolute Gasteiger partial charge is 0.116 e. The molecule has 1 aromatic rings. The number of fused-ring (bicyclic) bond motifs is 1. The Balaban J connectivity index is 0.000000461. The van der Waals surface area contributed by atoms with Crippen LogP contribution in [0.5, 0.6) is 0 Å². The largest absolute Gasteiger partial charge is 0.375 e. The molecule has 0 aromatic carbocycles. The van der Waals surface area contributed by atoms with E-state index in [1.807, 2.05) is 20.8 Å². The summed E-state index contributed by atoms with van der Waals surface area (Å²) < 4.78 is 5.39. The monoisotopic (exact) mass is 194 g/mol. The second kappa shape index (κ2) is 5.70. The fraction of sp³-hybridized carbons (Fsp3) is 0.636. The SMILES string of the molecule is CC.Cc1ncnc2c1CCCOC2. The number of aromatic nitrogens is 2. The van der Waals surface area contributed by atoms with Crippen molar-refractivity contribution in [3.05, 3.63) is 23.3 Å². The maximum atomic E-state index is 5.39. The lowest BCUT2D eigenvalue weighted by Gasteiger charge is -2.04. The summed E-state index contributed by atoms with van der Waals surface area (Å²) in [7, 11) is 0.